The molecule has 4 rings (SSSR count). The molecule has 0 spiro atoms. The molecule has 16 heteroatoms. The number of fused-ring (bicyclic) bond motifs is 1. The van der Waals surface area contributed by atoms with Crippen molar-refractivity contribution in [1.29, 1.82) is 0 Å². The van der Waals surface area contributed by atoms with Crippen LogP contribution in [0.1, 0.15) is 27.0 Å². The fraction of sp³-hybridized carbons (Fsp3) is 0.500. The van der Waals surface area contributed by atoms with Gasteiger partial charge >= 0.3 is 18.7 Å². The average molecular weight is 618 g/mol. The van der Waals surface area contributed by atoms with E-state index in [-0.39, 0.29) is 18.1 Å². The summed E-state index contributed by atoms with van der Waals surface area (Å²) in [5.74, 6) is -5.52. The lowest BCUT2D eigenvalue weighted by atomic mass is 9.87. The number of methoxy groups -OCH3 is 1. The Bertz CT molecular complexity index is 1330. The van der Waals surface area contributed by atoms with Crippen LogP contribution in [-0.2, 0) is 18.4 Å². The predicted molar refractivity (Wildman–Crippen MR) is 127 cm³/mol. The number of hydrogen-bond donors (Lipinski definition) is 1. The Morgan fingerprint density at radius 3 is 2.05 bits per heavy atom. The maximum absolute atomic E-state index is 15.4. The Morgan fingerprint density at radius 2 is 1.52 bits per heavy atom. The molecule has 6 nitrogen and oxygen atoms in total. The number of carbonyl (C=O) groups excluding carboxylic acids is 1. The second-order valence-electron chi connectivity index (χ2n) is 10.1. The van der Waals surface area contributed by atoms with E-state index in [0.29, 0.717) is 30.1 Å². The summed E-state index contributed by atoms with van der Waals surface area (Å²) in [6, 6.07) is 2.81. The van der Waals surface area contributed by atoms with E-state index >= 15 is 4.39 Å². The van der Waals surface area contributed by atoms with E-state index in [4.69, 9.17) is 4.74 Å². The number of Topliss-reactive ketones (excluding diaryl/α,β-unsaturated/α-hetero) is 1. The molecular weight excluding hydrogens is 594 g/mol. The van der Waals surface area contributed by atoms with Gasteiger partial charge in [0.2, 0.25) is 0 Å². The number of benzene rings is 2. The number of aliphatic hydroxyl groups is 1. The van der Waals surface area contributed by atoms with Crippen molar-refractivity contribution in [1.82, 2.24) is 4.90 Å². The number of alkyl halides is 9. The molecule has 0 amide bonds. The normalized spacial score (nSPS) is 18.8. The molecule has 232 valence electrons. The highest BCUT2D eigenvalue weighted by Crippen LogP contribution is 2.52. The highest BCUT2D eigenvalue weighted by Gasteiger charge is 2.72. The minimum absolute atomic E-state index is 0.111. The van der Waals surface area contributed by atoms with Crippen LogP contribution < -0.4 is 14.4 Å². The van der Waals surface area contributed by atoms with E-state index in [1.807, 2.05) is 11.9 Å². The first-order valence-corrected chi connectivity index (χ1v) is 12.4. The van der Waals surface area contributed by atoms with Gasteiger partial charge in [-0.15, -0.1) is 13.2 Å². The summed E-state index contributed by atoms with van der Waals surface area (Å²) in [4.78, 5) is 17.3. The number of rotatable bonds is 6. The van der Waals surface area contributed by atoms with Crippen LogP contribution in [0.2, 0.25) is 0 Å². The Hall–Kier alpha value is -3.27. The largest absolute Gasteiger partial charge is 0.573 e. The summed E-state index contributed by atoms with van der Waals surface area (Å²) < 4.78 is 144. The third kappa shape index (κ3) is 5.82. The number of ether oxygens (including phenoxy) is 2. The van der Waals surface area contributed by atoms with Crippen LogP contribution in [0.15, 0.2) is 24.3 Å². The van der Waals surface area contributed by atoms with Crippen LogP contribution in [-0.4, -0.2) is 74.8 Å². The number of nitrogens with zero attached hydrogens (tertiary/aromatic N) is 2. The van der Waals surface area contributed by atoms with Crippen molar-refractivity contribution in [2.45, 2.75) is 37.2 Å². The van der Waals surface area contributed by atoms with Gasteiger partial charge in [-0.25, -0.2) is 4.39 Å². The van der Waals surface area contributed by atoms with Crippen LogP contribution in [0.25, 0.3) is 0 Å². The SMILES string of the molecule is COc1cc2c(cc1N1CCN(C)CC1)CC(Cc1cc(OC(F)(F)F)cc(C(O)(C(F)(F)F)C(F)(F)F)c1F)C2=O. The summed E-state index contributed by atoms with van der Waals surface area (Å²) >= 11 is 0. The molecule has 1 aliphatic heterocycles. The standard InChI is InChI=1S/C26H24F10N2O4/c1-37-3-5-38(6-4-37)19-10-13-7-15(22(39)17(13)12-20(19)41-2)8-14-9-16(42-26(34,35)36)11-18(21(14)27)23(40,24(28,29)30)25(31,32)33/h9-12,15,40H,3-8H2,1-2H3. The smallest absolute Gasteiger partial charge is 0.495 e. The van der Waals surface area contributed by atoms with E-state index in [2.05, 4.69) is 9.64 Å². The minimum atomic E-state index is -6.59. The number of piperazine rings is 1. The van der Waals surface area contributed by atoms with Crippen molar-refractivity contribution in [3.8, 4) is 11.5 Å². The van der Waals surface area contributed by atoms with Crippen LogP contribution in [0.5, 0.6) is 11.5 Å². The van der Waals surface area contributed by atoms with E-state index in [1.165, 1.54) is 13.2 Å². The minimum Gasteiger partial charge on any atom is -0.495 e. The highest BCUT2D eigenvalue weighted by atomic mass is 19.4. The molecule has 1 unspecified atom stereocenters. The second-order valence-corrected chi connectivity index (χ2v) is 10.1. The summed E-state index contributed by atoms with van der Waals surface area (Å²) in [5, 5.41) is 9.75. The fourth-order valence-corrected chi connectivity index (χ4v) is 5.20. The van der Waals surface area contributed by atoms with Crippen molar-refractivity contribution in [2.24, 2.45) is 5.92 Å². The molecule has 0 radical (unpaired) electrons. The zero-order chi connectivity index (χ0) is 31.4. The van der Waals surface area contributed by atoms with Gasteiger partial charge in [-0.3, -0.25) is 4.79 Å². The number of likely N-dealkylation sites (N-methyl/N-ethyl adjacent to an activating group) is 1. The Labute approximate surface area is 232 Å². The van der Waals surface area contributed by atoms with Gasteiger partial charge in [0.1, 0.15) is 17.3 Å². The first-order valence-electron chi connectivity index (χ1n) is 12.4. The lowest BCUT2D eigenvalue weighted by Gasteiger charge is -2.35. The van der Waals surface area contributed by atoms with Gasteiger partial charge in [0.15, 0.2) is 5.78 Å². The van der Waals surface area contributed by atoms with Gasteiger partial charge in [-0.2, -0.15) is 26.3 Å². The van der Waals surface area contributed by atoms with Crippen molar-refractivity contribution in [3.05, 3.63) is 52.3 Å². The van der Waals surface area contributed by atoms with Crippen molar-refractivity contribution < 1.29 is 63.3 Å². The van der Waals surface area contributed by atoms with E-state index in [9.17, 15) is 49.4 Å². The number of anilines is 1. The number of hydrogen-bond acceptors (Lipinski definition) is 6. The molecule has 2 aromatic rings. The van der Waals surface area contributed by atoms with Gasteiger partial charge in [0.25, 0.3) is 5.60 Å². The average Bonchev–Trinajstić information content (AvgIpc) is 3.16. The van der Waals surface area contributed by atoms with Gasteiger partial charge in [0, 0.05) is 43.2 Å². The summed E-state index contributed by atoms with van der Waals surface area (Å²) in [7, 11) is 3.30. The number of ketones is 1. The van der Waals surface area contributed by atoms with Gasteiger partial charge in [0.05, 0.1) is 12.8 Å². The van der Waals surface area contributed by atoms with Crippen LogP contribution in [0.4, 0.5) is 49.6 Å². The molecule has 0 bridgehead atoms. The molecule has 2 aromatic carbocycles. The molecule has 0 aromatic heterocycles. The monoisotopic (exact) mass is 618 g/mol. The Morgan fingerprint density at radius 1 is 0.929 bits per heavy atom. The van der Waals surface area contributed by atoms with Gasteiger partial charge < -0.3 is 24.4 Å². The highest BCUT2D eigenvalue weighted by molar-refractivity contribution is 6.03. The van der Waals surface area contributed by atoms with Crippen LogP contribution >= 0.6 is 0 Å². The Kier molecular flexibility index (Phi) is 8.12. The molecular formula is C26H24F10N2O4. The summed E-state index contributed by atoms with van der Waals surface area (Å²) in [5.41, 5.74) is -8.35. The van der Waals surface area contributed by atoms with Crippen molar-refractivity contribution in [3.63, 3.8) is 0 Å². The number of halogens is 10. The lowest BCUT2D eigenvalue weighted by Crippen LogP contribution is -2.54. The third-order valence-corrected chi connectivity index (χ3v) is 7.38. The maximum atomic E-state index is 15.4. The third-order valence-electron chi connectivity index (χ3n) is 7.38. The molecule has 1 heterocycles. The zero-order valence-corrected chi connectivity index (χ0v) is 22.0. The maximum Gasteiger partial charge on any atom is 0.573 e. The van der Waals surface area contributed by atoms with E-state index < -0.39 is 71.2 Å². The molecule has 1 atom stereocenters. The van der Waals surface area contributed by atoms with Crippen LogP contribution in [0, 0.1) is 11.7 Å². The van der Waals surface area contributed by atoms with Crippen molar-refractivity contribution in [2.75, 3.05) is 45.2 Å². The quantitative estimate of drug-likeness (QED) is 0.438. The second kappa shape index (κ2) is 10.8. The first kappa shape index (κ1) is 31.7. The van der Waals surface area contributed by atoms with E-state index in [0.717, 1.165) is 13.1 Å². The summed E-state index contributed by atoms with van der Waals surface area (Å²) in [6.07, 6.45) is -19.8. The van der Waals surface area contributed by atoms with Crippen molar-refractivity contribution >= 4 is 11.5 Å². The number of carbonyl (C=O) groups is 1. The molecule has 1 saturated heterocycles. The molecule has 2 aliphatic rings. The molecule has 0 saturated carbocycles. The molecule has 1 N–H and O–H groups in total. The van der Waals surface area contributed by atoms with Gasteiger partial charge in [-0.05, 0) is 55.3 Å². The first-order chi connectivity index (χ1) is 19.3. The summed E-state index contributed by atoms with van der Waals surface area (Å²) in [6.45, 7) is 2.68. The molecule has 1 aliphatic carbocycles. The predicted octanol–water partition coefficient (Wildman–Crippen LogP) is 5.39. The Balaban J connectivity index is 1.75. The van der Waals surface area contributed by atoms with Gasteiger partial charge in [-0.1, -0.05) is 0 Å². The molecule has 1 fully saturated rings. The zero-order valence-electron chi connectivity index (χ0n) is 22.0. The fourth-order valence-electron chi connectivity index (χ4n) is 5.20. The molecule has 42 heavy (non-hydrogen) atoms. The lowest BCUT2D eigenvalue weighted by molar-refractivity contribution is -0.377. The van der Waals surface area contributed by atoms with Crippen LogP contribution in [0.3, 0.4) is 0 Å². The van der Waals surface area contributed by atoms with E-state index in [1.54, 1.807) is 6.07 Å². The topological polar surface area (TPSA) is 62.2 Å².